The molecule has 0 atom stereocenters. The van der Waals surface area contributed by atoms with Gasteiger partial charge in [0.1, 0.15) is 11.2 Å². The van der Waals surface area contributed by atoms with E-state index in [0.717, 1.165) is 61.0 Å². The van der Waals surface area contributed by atoms with Crippen molar-refractivity contribution in [3.63, 3.8) is 0 Å². The largest absolute Gasteiger partial charge is 0.455 e. The lowest BCUT2D eigenvalue weighted by atomic mass is 9.99. The van der Waals surface area contributed by atoms with E-state index in [1.165, 1.54) is 27.4 Å². The fraction of sp³-hybridized carbons (Fsp3) is 0. The van der Waals surface area contributed by atoms with Crippen LogP contribution in [0.15, 0.2) is 186 Å². The van der Waals surface area contributed by atoms with Gasteiger partial charge in [0.05, 0.1) is 27.8 Å². The van der Waals surface area contributed by atoms with Gasteiger partial charge in [0.15, 0.2) is 0 Å². The average Bonchev–Trinajstić information content (AvgIpc) is 3.72. The van der Waals surface area contributed by atoms with Crippen LogP contribution >= 0.6 is 0 Å². The van der Waals surface area contributed by atoms with E-state index in [2.05, 4.69) is 185 Å². The zero-order chi connectivity index (χ0) is 32.3. The number of aromatic nitrogens is 1. The number of para-hydroxylation sites is 4. The summed E-state index contributed by atoms with van der Waals surface area (Å²) in [6.07, 6.45) is 0. The molecule has 0 saturated heterocycles. The number of hydrogen-bond donors (Lipinski definition) is 0. The minimum absolute atomic E-state index is 0.882. The van der Waals surface area contributed by atoms with Gasteiger partial charge in [0.2, 0.25) is 0 Å². The second-order valence-corrected chi connectivity index (χ2v) is 12.5. The van der Waals surface area contributed by atoms with Crippen LogP contribution < -0.4 is 4.90 Å². The van der Waals surface area contributed by atoms with Gasteiger partial charge in [-0.25, -0.2) is 0 Å². The molecule has 0 radical (unpaired) electrons. The van der Waals surface area contributed by atoms with Crippen LogP contribution in [0.25, 0.3) is 71.3 Å². The Labute approximate surface area is 283 Å². The predicted octanol–water partition coefficient (Wildman–Crippen LogP) is 13.0. The molecule has 0 N–H and O–H groups in total. The second kappa shape index (κ2) is 11.0. The Morgan fingerprint density at radius 1 is 0.449 bits per heavy atom. The Morgan fingerprint density at radius 3 is 1.96 bits per heavy atom. The third-order valence-corrected chi connectivity index (χ3v) is 9.75. The summed E-state index contributed by atoms with van der Waals surface area (Å²) in [6, 6.07) is 64.9. The van der Waals surface area contributed by atoms with Crippen molar-refractivity contribution in [2.24, 2.45) is 0 Å². The Hall–Kier alpha value is -6.58. The summed E-state index contributed by atoms with van der Waals surface area (Å²) in [7, 11) is 0. The number of anilines is 3. The van der Waals surface area contributed by atoms with E-state index in [1.807, 2.05) is 6.07 Å². The fourth-order valence-corrected chi connectivity index (χ4v) is 7.61. The summed E-state index contributed by atoms with van der Waals surface area (Å²) in [6.45, 7) is 0. The lowest BCUT2D eigenvalue weighted by Gasteiger charge is -2.29. The molecule has 2 heterocycles. The molecule has 0 fully saturated rings. The molecule has 0 aliphatic carbocycles. The molecule has 10 rings (SSSR count). The molecule has 0 unspecified atom stereocenters. The highest BCUT2D eigenvalue weighted by Crippen LogP contribution is 2.49. The number of furan rings is 1. The topological polar surface area (TPSA) is 21.3 Å². The van der Waals surface area contributed by atoms with Crippen LogP contribution in [0, 0.1) is 0 Å². The SMILES string of the molecule is c1ccc(-c2ccccc2N(c2ccc3c(c2)c2ccccc2n3-c2ccccc2)c2cc3ccccc3c3oc4ccccc4c23)cc1. The summed E-state index contributed by atoms with van der Waals surface area (Å²) < 4.78 is 9.06. The third kappa shape index (κ3) is 4.29. The smallest absolute Gasteiger partial charge is 0.145 e. The molecule has 8 aromatic carbocycles. The summed E-state index contributed by atoms with van der Waals surface area (Å²) in [5.74, 6) is 0. The zero-order valence-electron chi connectivity index (χ0n) is 26.6. The van der Waals surface area contributed by atoms with Gasteiger partial charge in [0, 0.05) is 38.5 Å². The first-order chi connectivity index (χ1) is 24.3. The van der Waals surface area contributed by atoms with Gasteiger partial charge in [-0.1, -0.05) is 127 Å². The number of nitrogens with zero attached hydrogens (tertiary/aromatic N) is 2. The first kappa shape index (κ1) is 27.5. The minimum atomic E-state index is 0.882. The molecule has 0 spiro atoms. The summed E-state index contributed by atoms with van der Waals surface area (Å²) >= 11 is 0. The molecule has 2 aromatic heterocycles. The van der Waals surface area contributed by atoms with E-state index in [4.69, 9.17) is 4.42 Å². The average molecular weight is 627 g/mol. The van der Waals surface area contributed by atoms with Crippen LogP contribution in [0.4, 0.5) is 17.1 Å². The third-order valence-electron chi connectivity index (χ3n) is 9.75. The molecule has 0 saturated carbocycles. The van der Waals surface area contributed by atoms with Crippen LogP contribution in [0.2, 0.25) is 0 Å². The molecule has 0 bridgehead atoms. The molecule has 3 nitrogen and oxygen atoms in total. The molecule has 0 aliphatic heterocycles. The van der Waals surface area contributed by atoms with Crippen LogP contribution in [-0.4, -0.2) is 4.57 Å². The van der Waals surface area contributed by atoms with Gasteiger partial charge < -0.3 is 13.9 Å². The number of fused-ring (bicyclic) bond motifs is 8. The van der Waals surface area contributed by atoms with Crippen LogP contribution in [0.5, 0.6) is 0 Å². The highest BCUT2D eigenvalue weighted by Gasteiger charge is 2.24. The number of hydrogen-bond acceptors (Lipinski definition) is 2. The first-order valence-corrected chi connectivity index (χ1v) is 16.7. The standard InChI is InChI=1S/C46H30N2O/c1-3-15-31(16-4-1)35-20-9-12-24-40(35)48(43-29-32-17-7-8-21-36(32)46-45(43)38-23-11-14-26-44(38)49-46)34-27-28-42-39(30-34)37-22-10-13-25-41(37)47(42)33-18-5-2-6-19-33/h1-30H. The maximum absolute atomic E-state index is 6.69. The lowest BCUT2D eigenvalue weighted by Crippen LogP contribution is -2.12. The number of rotatable bonds is 5. The van der Waals surface area contributed by atoms with Crippen molar-refractivity contribution in [2.75, 3.05) is 4.90 Å². The van der Waals surface area contributed by atoms with Crippen molar-refractivity contribution in [1.82, 2.24) is 4.57 Å². The number of benzene rings is 8. The Bertz CT molecular complexity index is 2830. The minimum Gasteiger partial charge on any atom is -0.455 e. The molecular weight excluding hydrogens is 597 g/mol. The quantitative estimate of drug-likeness (QED) is 0.190. The van der Waals surface area contributed by atoms with Crippen molar-refractivity contribution in [1.29, 1.82) is 0 Å². The van der Waals surface area contributed by atoms with E-state index in [1.54, 1.807) is 0 Å². The van der Waals surface area contributed by atoms with Gasteiger partial charge in [-0.3, -0.25) is 0 Å². The first-order valence-electron chi connectivity index (χ1n) is 16.7. The Kier molecular flexibility index (Phi) is 6.18. The van der Waals surface area contributed by atoms with Crippen molar-refractivity contribution in [3.8, 4) is 16.8 Å². The van der Waals surface area contributed by atoms with Crippen molar-refractivity contribution >= 4 is 71.6 Å². The normalized spacial score (nSPS) is 11.7. The van der Waals surface area contributed by atoms with Crippen molar-refractivity contribution < 1.29 is 4.42 Å². The maximum Gasteiger partial charge on any atom is 0.145 e. The summed E-state index contributed by atoms with van der Waals surface area (Å²) in [4.78, 5) is 2.44. The summed E-state index contributed by atoms with van der Waals surface area (Å²) in [5.41, 5.74) is 10.9. The Morgan fingerprint density at radius 2 is 1.10 bits per heavy atom. The van der Waals surface area contributed by atoms with E-state index < -0.39 is 0 Å². The monoisotopic (exact) mass is 626 g/mol. The summed E-state index contributed by atoms with van der Waals surface area (Å²) in [5, 5.41) is 6.86. The molecule has 0 aliphatic rings. The second-order valence-electron chi connectivity index (χ2n) is 12.5. The van der Waals surface area contributed by atoms with Crippen LogP contribution in [0.3, 0.4) is 0 Å². The van der Waals surface area contributed by atoms with Crippen molar-refractivity contribution in [2.45, 2.75) is 0 Å². The molecule has 10 aromatic rings. The molecule has 0 amide bonds. The zero-order valence-corrected chi connectivity index (χ0v) is 26.6. The molecule has 3 heteroatoms. The lowest BCUT2D eigenvalue weighted by molar-refractivity contribution is 0.672. The fourth-order valence-electron chi connectivity index (χ4n) is 7.61. The van der Waals surface area contributed by atoms with E-state index in [0.29, 0.717) is 0 Å². The molecular formula is C46H30N2O. The van der Waals surface area contributed by atoms with Gasteiger partial charge in [-0.2, -0.15) is 0 Å². The Balaban J connectivity index is 1.33. The molecule has 49 heavy (non-hydrogen) atoms. The highest BCUT2D eigenvalue weighted by atomic mass is 16.3. The van der Waals surface area contributed by atoms with Crippen molar-refractivity contribution in [3.05, 3.63) is 182 Å². The maximum atomic E-state index is 6.69. The van der Waals surface area contributed by atoms with E-state index in [-0.39, 0.29) is 0 Å². The highest BCUT2D eigenvalue weighted by molar-refractivity contribution is 6.22. The van der Waals surface area contributed by atoms with E-state index >= 15 is 0 Å². The van der Waals surface area contributed by atoms with Gasteiger partial charge in [-0.15, -0.1) is 0 Å². The van der Waals surface area contributed by atoms with E-state index in [9.17, 15) is 0 Å². The van der Waals surface area contributed by atoms with Crippen LogP contribution in [0.1, 0.15) is 0 Å². The van der Waals surface area contributed by atoms with Gasteiger partial charge in [-0.05, 0) is 65.5 Å². The van der Waals surface area contributed by atoms with Crippen LogP contribution in [-0.2, 0) is 0 Å². The van der Waals surface area contributed by atoms with Gasteiger partial charge in [0.25, 0.3) is 0 Å². The predicted molar refractivity (Wildman–Crippen MR) is 206 cm³/mol. The van der Waals surface area contributed by atoms with Gasteiger partial charge >= 0.3 is 0 Å². The molecule has 230 valence electrons.